The largest absolute Gasteiger partial charge is 0.474 e. The third kappa shape index (κ3) is 5.98. The lowest BCUT2D eigenvalue weighted by molar-refractivity contribution is 0.0354. The Morgan fingerprint density at radius 3 is 2.64 bits per heavy atom. The zero-order chi connectivity index (χ0) is 23.6. The van der Waals surface area contributed by atoms with Gasteiger partial charge in [-0.15, -0.1) is 0 Å². The van der Waals surface area contributed by atoms with Crippen LogP contribution in [0.2, 0.25) is 0 Å². The summed E-state index contributed by atoms with van der Waals surface area (Å²) in [5.74, 6) is 1.23. The van der Waals surface area contributed by atoms with E-state index in [0.29, 0.717) is 50.1 Å². The lowest BCUT2D eigenvalue weighted by Gasteiger charge is -2.36. The number of nitrogens with one attached hydrogen (secondary N) is 1. The molecule has 0 spiro atoms. The monoisotopic (exact) mass is 457 g/mol. The molecular weight excluding hydrogens is 426 g/mol. The van der Waals surface area contributed by atoms with Crippen molar-refractivity contribution in [2.45, 2.75) is 64.3 Å². The fraction of sp³-hybridized carbons (Fsp3) is 0.591. The van der Waals surface area contributed by atoms with Crippen molar-refractivity contribution < 1.29 is 19.0 Å². The summed E-state index contributed by atoms with van der Waals surface area (Å²) in [5.41, 5.74) is 6.47. The van der Waals surface area contributed by atoms with E-state index in [1.807, 2.05) is 20.8 Å². The molecule has 3 N–H and O–H groups in total. The molecular formula is C22H31N7O4. The standard InChI is InChI=1S/C22H31N7O4/c1-13-12-31-6-5-29(13)20-27-17(14-10-24-19(23)25-11-14)9-18(28-20)32-16-7-15(8-16)26-21(30)33-22(2,3)4/h9-11,13,15-16H,5-8,12H2,1-4H3,(H,26,30)(H2,23,24,25)/t13-,15-,16-/m0/s1. The molecule has 0 aromatic carbocycles. The van der Waals surface area contributed by atoms with Crippen LogP contribution in [0.25, 0.3) is 11.3 Å². The van der Waals surface area contributed by atoms with Crippen molar-refractivity contribution in [2.24, 2.45) is 0 Å². The van der Waals surface area contributed by atoms with Gasteiger partial charge in [-0.05, 0) is 27.7 Å². The number of hydrogen-bond donors (Lipinski definition) is 2. The lowest BCUT2D eigenvalue weighted by Crippen LogP contribution is -2.50. The molecule has 0 unspecified atom stereocenters. The molecule has 2 aromatic rings. The number of alkyl carbamates (subject to hydrolysis) is 1. The minimum Gasteiger partial charge on any atom is -0.474 e. The van der Waals surface area contributed by atoms with Crippen molar-refractivity contribution >= 4 is 18.0 Å². The number of rotatable bonds is 5. The van der Waals surface area contributed by atoms with Crippen LogP contribution in [0.1, 0.15) is 40.5 Å². The summed E-state index contributed by atoms with van der Waals surface area (Å²) in [4.78, 5) is 31.6. The second-order valence-electron chi connectivity index (χ2n) is 9.39. The molecule has 2 aliphatic rings. The average Bonchev–Trinajstić information content (AvgIpc) is 2.71. The minimum absolute atomic E-state index is 0.00962. The van der Waals surface area contributed by atoms with Crippen LogP contribution in [0.15, 0.2) is 18.5 Å². The van der Waals surface area contributed by atoms with E-state index in [4.69, 9.17) is 24.9 Å². The van der Waals surface area contributed by atoms with Crippen molar-refractivity contribution in [3.63, 3.8) is 0 Å². The van der Waals surface area contributed by atoms with Gasteiger partial charge in [-0.1, -0.05) is 0 Å². The van der Waals surface area contributed by atoms with Crippen LogP contribution in [0.5, 0.6) is 5.88 Å². The summed E-state index contributed by atoms with van der Waals surface area (Å²) in [7, 11) is 0. The number of morpholine rings is 1. The Morgan fingerprint density at radius 1 is 1.24 bits per heavy atom. The summed E-state index contributed by atoms with van der Waals surface area (Å²) < 4.78 is 17.0. The van der Waals surface area contributed by atoms with Crippen molar-refractivity contribution in [1.29, 1.82) is 0 Å². The van der Waals surface area contributed by atoms with Crippen LogP contribution in [0, 0.1) is 0 Å². The SMILES string of the molecule is C[C@H]1COCCN1c1nc(O[C@H]2C[C@H](NC(=O)OC(C)(C)C)C2)cc(-c2cnc(N)nc2)n1. The first kappa shape index (κ1) is 23.0. The van der Waals surface area contributed by atoms with E-state index >= 15 is 0 Å². The molecule has 2 aromatic heterocycles. The number of ether oxygens (including phenoxy) is 3. The number of nitrogens with two attached hydrogens (primary N) is 1. The molecule has 178 valence electrons. The van der Waals surface area contributed by atoms with Crippen LogP contribution in [-0.4, -0.2) is 69.6 Å². The summed E-state index contributed by atoms with van der Waals surface area (Å²) in [6.45, 7) is 9.49. The van der Waals surface area contributed by atoms with Crippen LogP contribution in [0.3, 0.4) is 0 Å². The lowest BCUT2D eigenvalue weighted by atomic mass is 9.89. The smallest absolute Gasteiger partial charge is 0.407 e. The van der Waals surface area contributed by atoms with Gasteiger partial charge in [-0.3, -0.25) is 0 Å². The number of nitrogens with zero attached hydrogens (tertiary/aromatic N) is 5. The van der Waals surface area contributed by atoms with Crippen molar-refractivity contribution in [3.8, 4) is 17.1 Å². The second-order valence-corrected chi connectivity index (χ2v) is 9.39. The van der Waals surface area contributed by atoms with Crippen LogP contribution in [0.4, 0.5) is 16.7 Å². The third-order valence-corrected chi connectivity index (χ3v) is 5.39. The van der Waals surface area contributed by atoms with E-state index in [9.17, 15) is 4.79 Å². The quantitative estimate of drug-likeness (QED) is 0.687. The molecule has 11 heteroatoms. The molecule has 0 bridgehead atoms. The zero-order valence-electron chi connectivity index (χ0n) is 19.4. The van der Waals surface area contributed by atoms with E-state index in [1.165, 1.54) is 0 Å². The molecule has 33 heavy (non-hydrogen) atoms. The number of hydrogen-bond acceptors (Lipinski definition) is 10. The number of carbonyl (C=O) groups is 1. The average molecular weight is 458 g/mol. The summed E-state index contributed by atoms with van der Waals surface area (Å²) in [6, 6.07) is 1.92. The molecule has 1 aliphatic heterocycles. The second kappa shape index (κ2) is 9.34. The van der Waals surface area contributed by atoms with Crippen LogP contribution in [-0.2, 0) is 9.47 Å². The number of nitrogen functional groups attached to an aromatic ring is 1. The number of amides is 1. The van der Waals surface area contributed by atoms with E-state index in [-0.39, 0.29) is 24.1 Å². The Hall–Kier alpha value is -3.21. The first-order valence-electron chi connectivity index (χ1n) is 11.1. The highest BCUT2D eigenvalue weighted by Crippen LogP contribution is 2.30. The van der Waals surface area contributed by atoms with Gasteiger partial charge in [0.1, 0.15) is 11.7 Å². The predicted octanol–water partition coefficient (Wildman–Crippen LogP) is 2.18. The number of carbonyl (C=O) groups excluding carboxylic acids is 1. The fourth-order valence-electron chi connectivity index (χ4n) is 3.67. The van der Waals surface area contributed by atoms with Gasteiger partial charge in [-0.2, -0.15) is 4.98 Å². The molecule has 1 saturated heterocycles. The first-order valence-corrected chi connectivity index (χ1v) is 11.1. The number of aromatic nitrogens is 4. The van der Waals surface area contributed by atoms with Crippen LogP contribution >= 0.6 is 0 Å². The Labute approximate surface area is 193 Å². The maximum atomic E-state index is 12.0. The van der Waals surface area contributed by atoms with Gasteiger partial charge >= 0.3 is 6.09 Å². The van der Waals surface area contributed by atoms with Crippen LogP contribution < -0.4 is 20.7 Å². The van der Waals surface area contributed by atoms with E-state index in [0.717, 1.165) is 5.56 Å². The Bertz CT molecular complexity index is 974. The Balaban J connectivity index is 1.47. The molecule has 4 rings (SSSR count). The molecule has 1 aliphatic carbocycles. The molecule has 3 heterocycles. The molecule has 2 fully saturated rings. The molecule has 1 atom stereocenters. The van der Waals surface area contributed by atoms with Crippen molar-refractivity contribution in [1.82, 2.24) is 25.3 Å². The van der Waals surface area contributed by atoms with Gasteiger partial charge < -0.3 is 30.2 Å². The van der Waals surface area contributed by atoms with Gasteiger partial charge in [0.2, 0.25) is 17.8 Å². The fourth-order valence-corrected chi connectivity index (χ4v) is 3.67. The van der Waals surface area contributed by atoms with Gasteiger partial charge in [-0.25, -0.2) is 19.7 Å². The maximum Gasteiger partial charge on any atom is 0.407 e. The van der Waals surface area contributed by atoms with Gasteiger partial charge in [0.25, 0.3) is 0 Å². The molecule has 0 radical (unpaired) electrons. The summed E-state index contributed by atoms with van der Waals surface area (Å²) in [6.07, 6.45) is 4.13. The third-order valence-electron chi connectivity index (χ3n) is 5.39. The van der Waals surface area contributed by atoms with Gasteiger partial charge in [0, 0.05) is 49.5 Å². The molecule has 1 saturated carbocycles. The van der Waals surface area contributed by atoms with Gasteiger partial charge in [0.05, 0.1) is 24.9 Å². The highest BCUT2D eigenvalue weighted by molar-refractivity contribution is 5.68. The Morgan fingerprint density at radius 2 is 1.97 bits per heavy atom. The van der Waals surface area contributed by atoms with E-state index in [1.54, 1.807) is 18.5 Å². The van der Waals surface area contributed by atoms with Gasteiger partial charge in [0.15, 0.2) is 0 Å². The summed E-state index contributed by atoms with van der Waals surface area (Å²) in [5, 5.41) is 2.88. The Kier molecular flexibility index (Phi) is 6.50. The van der Waals surface area contributed by atoms with E-state index in [2.05, 4.69) is 32.1 Å². The van der Waals surface area contributed by atoms with E-state index < -0.39 is 11.7 Å². The first-order chi connectivity index (χ1) is 15.7. The highest BCUT2D eigenvalue weighted by atomic mass is 16.6. The van der Waals surface area contributed by atoms with Crippen molar-refractivity contribution in [2.75, 3.05) is 30.4 Å². The molecule has 1 amide bonds. The predicted molar refractivity (Wildman–Crippen MR) is 122 cm³/mol. The highest BCUT2D eigenvalue weighted by Gasteiger charge is 2.34. The zero-order valence-corrected chi connectivity index (χ0v) is 19.4. The minimum atomic E-state index is -0.528. The normalized spacial score (nSPS) is 22.9. The van der Waals surface area contributed by atoms with Crippen molar-refractivity contribution in [3.05, 3.63) is 18.5 Å². The summed E-state index contributed by atoms with van der Waals surface area (Å²) >= 11 is 0. The maximum absolute atomic E-state index is 12.0. The topological polar surface area (TPSA) is 138 Å². The molecule has 11 nitrogen and oxygen atoms in total. The number of anilines is 2.